The van der Waals surface area contributed by atoms with Crippen LogP contribution in [0.15, 0.2) is 48.5 Å². The number of carbonyl (C=O) groups excluding carboxylic acids is 2. The van der Waals surface area contributed by atoms with Gasteiger partial charge < -0.3 is 19.3 Å². The Morgan fingerprint density at radius 2 is 1.70 bits per heavy atom. The molecule has 0 aliphatic carbocycles. The molecule has 1 fully saturated rings. The molecule has 0 spiro atoms. The average Bonchev–Trinajstić information content (AvgIpc) is 2.81. The molecular formula is C23H23N3O4. The van der Waals surface area contributed by atoms with E-state index in [9.17, 15) is 9.59 Å². The molecule has 1 aliphatic heterocycles. The molecule has 7 nitrogen and oxygen atoms in total. The Morgan fingerprint density at radius 1 is 1.00 bits per heavy atom. The first-order chi connectivity index (χ1) is 14.6. The van der Waals surface area contributed by atoms with Crippen LogP contribution in [-0.4, -0.2) is 62.0 Å². The maximum atomic E-state index is 12.9. The van der Waals surface area contributed by atoms with E-state index in [2.05, 4.69) is 6.07 Å². The number of hydrogen-bond acceptors (Lipinski definition) is 5. The summed E-state index contributed by atoms with van der Waals surface area (Å²) >= 11 is 0. The van der Waals surface area contributed by atoms with E-state index < -0.39 is 0 Å². The smallest absolute Gasteiger partial charge is 0.257 e. The van der Waals surface area contributed by atoms with Crippen molar-refractivity contribution in [2.24, 2.45) is 0 Å². The fraction of sp³-hybridized carbons (Fsp3) is 0.261. The maximum absolute atomic E-state index is 12.9. The molecule has 0 aromatic heterocycles. The number of ether oxygens (including phenoxy) is 2. The van der Waals surface area contributed by atoms with Crippen LogP contribution >= 0.6 is 0 Å². The summed E-state index contributed by atoms with van der Waals surface area (Å²) in [7, 11) is 3.07. The predicted molar refractivity (Wildman–Crippen MR) is 112 cm³/mol. The first kappa shape index (κ1) is 20.9. The lowest BCUT2D eigenvalue weighted by atomic mass is 10.1. The van der Waals surface area contributed by atoms with Crippen molar-refractivity contribution in [3.8, 4) is 17.6 Å². The van der Waals surface area contributed by atoms with Gasteiger partial charge in [-0.15, -0.1) is 0 Å². The molecule has 30 heavy (non-hydrogen) atoms. The van der Waals surface area contributed by atoms with Crippen LogP contribution in [0.3, 0.4) is 0 Å². The Hall–Kier alpha value is -3.79. The van der Waals surface area contributed by atoms with Crippen LogP contribution in [0.5, 0.6) is 11.5 Å². The van der Waals surface area contributed by atoms with Gasteiger partial charge in [0, 0.05) is 38.3 Å². The quantitative estimate of drug-likeness (QED) is 0.714. The zero-order valence-electron chi connectivity index (χ0n) is 17.0. The van der Waals surface area contributed by atoms with Crippen LogP contribution in [0, 0.1) is 11.3 Å². The maximum Gasteiger partial charge on any atom is 0.257 e. The largest absolute Gasteiger partial charge is 0.497 e. The monoisotopic (exact) mass is 405 g/mol. The second-order valence-corrected chi connectivity index (χ2v) is 6.72. The van der Waals surface area contributed by atoms with Gasteiger partial charge >= 0.3 is 0 Å². The normalized spacial score (nSPS) is 13.8. The van der Waals surface area contributed by atoms with Crippen LogP contribution in [0.25, 0.3) is 6.08 Å². The summed E-state index contributed by atoms with van der Waals surface area (Å²) in [6, 6.07) is 14.3. The van der Waals surface area contributed by atoms with Crippen molar-refractivity contribution in [1.29, 1.82) is 5.26 Å². The topological polar surface area (TPSA) is 82.9 Å². The Bertz CT molecular complexity index is 1000. The molecule has 0 bridgehead atoms. The predicted octanol–water partition coefficient (Wildman–Crippen LogP) is 2.57. The van der Waals surface area contributed by atoms with Crippen molar-refractivity contribution in [1.82, 2.24) is 9.80 Å². The van der Waals surface area contributed by atoms with Gasteiger partial charge in [-0.3, -0.25) is 9.59 Å². The highest BCUT2D eigenvalue weighted by Crippen LogP contribution is 2.26. The molecule has 1 heterocycles. The molecule has 0 atom stereocenters. The lowest BCUT2D eigenvalue weighted by molar-refractivity contribution is -0.127. The summed E-state index contributed by atoms with van der Waals surface area (Å²) in [5.74, 6) is 0.789. The van der Waals surface area contributed by atoms with E-state index in [0.29, 0.717) is 54.4 Å². The fourth-order valence-electron chi connectivity index (χ4n) is 3.29. The number of piperazine rings is 1. The number of nitriles is 1. The van der Waals surface area contributed by atoms with Gasteiger partial charge in [-0.1, -0.05) is 18.2 Å². The minimum Gasteiger partial charge on any atom is -0.497 e. The molecule has 2 aromatic rings. The Labute approximate surface area is 175 Å². The molecule has 0 N–H and O–H groups in total. The lowest BCUT2D eigenvalue weighted by Gasteiger charge is -2.34. The van der Waals surface area contributed by atoms with Crippen molar-refractivity contribution >= 4 is 17.9 Å². The van der Waals surface area contributed by atoms with E-state index >= 15 is 0 Å². The number of amides is 2. The molecular weight excluding hydrogens is 382 g/mol. The van der Waals surface area contributed by atoms with Crippen molar-refractivity contribution in [2.75, 3.05) is 40.4 Å². The highest BCUT2D eigenvalue weighted by molar-refractivity contribution is 5.97. The van der Waals surface area contributed by atoms with Crippen molar-refractivity contribution in [2.45, 2.75) is 0 Å². The third-order valence-corrected chi connectivity index (χ3v) is 5.00. The van der Waals surface area contributed by atoms with Crippen molar-refractivity contribution in [3.05, 3.63) is 65.2 Å². The molecule has 0 saturated carbocycles. The Morgan fingerprint density at radius 3 is 2.37 bits per heavy atom. The first-order valence-electron chi connectivity index (χ1n) is 9.54. The van der Waals surface area contributed by atoms with Gasteiger partial charge in [0.2, 0.25) is 5.91 Å². The van der Waals surface area contributed by atoms with Crippen LogP contribution in [0.4, 0.5) is 0 Å². The minimum atomic E-state index is -0.142. The standard InChI is InChI=1S/C23H23N3O4/c1-29-19-8-9-20(21(15-19)30-2)23(28)26-13-11-25(12-14-26)22(27)10-7-17-5-3-4-6-18(17)16-24/h3-10,15H,11-14H2,1-2H3/b10-7+. The molecule has 1 saturated heterocycles. The SMILES string of the molecule is COc1ccc(C(=O)N2CCN(C(=O)/C=C/c3ccccc3C#N)CC2)c(OC)c1. The van der Waals surface area contributed by atoms with Gasteiger partial charge in [-0.2, -0.15) is 5.26 Å². The number of rotatable bonds is 5. The lowest BCUT2D eigenvalue weighted by Crippen LogP contribution is -2.50. The summed E-state index contributed by atoms with van der Waals surface area (Å²) in [6.07, 6.45) is 3.13. The molecule has 3 rings (SSSR count). The minimum absolute atomic E-state index is 0.139. The average molecular weight is 405 g/mol. The van der Waals surface area contributed by atoms with Gasteiger partial charge in [0.15, 0.2) is 0 Å². The molecule has 2 amide bonds. The van der Waals surface area contributed by atoms with E-state index in [1.165, 1.54) is 13.2 Å². The van der Waals surface area contributed by atoms with Gasteiger partial charge in [0.1, 0.15) is 11.5 Å². The second kappa shape index (κ2) is 9.61. The molecule has 0 unspecified atom stereocenters. The van der Waals surface area contributed by atoms with E-state index in [-0.39, 0.29) is 11.8 Å². The number of carbonyl (C=O) groups is 2. The van der Waals surface area contributed by atoms with Crippen LogP contribution < -0.4 is 9.47 Å². The zero-order valence-corrected chi connectivity index (χ0v) is 17.0. The summed E-state index contributed by atoms with van der Waals surface area (Å²) in [5.41, 5.74) is 1.69. The second-order valence-electron chi connectivity index (χ2n) is 6.72. The fourth-order valence-corrected chi connectivity index (χ4v) is 3.29. The number of methoxy groups -OCH3 is 2. The van der Waals surface area contributed by atoms with Gasteiger partial charge in [0.25, 0.3) is 5.91 Å². The number of benzene rings is 2. The third kappa shape index (κ3) is 4.61. The Kier molecular flexibility index (Phi) is 6.71. The molecule has 7 heteroatoms. The van der Waals surface area contributed by atoms with Crippen LogP contribution in [-0.2, 0) is 4.79 Å². The number of hydrogen-bond donors (Lipinski definition) is 0. The highest BCUT2D eigenvalue weighted by atomic mass is 16.5. The molecule has 1 aliphatic rings. The van der Waals surface area contributed by atoms with Gasteiger partial charge in [0.05, 0.1) is 31.4 Å². The molecule has 2 aromatic carbocycles. The highest BCUT2D eigenvalue weighted by Gasteiger charge is 2.26. The first-order valence-corrected chi connectivity index (χ1v) is 9.54. The number of nitrogens with zero attached hydrogens (tertiary/aromatic N) is 3. The zero-order chi connectivity index (χ0) is 21.5. The molecule has 154 valence electrons. The van der Waals surface area contributed by atoms with Gasteiger partial charge in [-0.05, 0) is 29.8 Å². The van der Waals surface area contributed by atoms with E-state index in [1.54, 1.807) is 59.4 Å². The van der Waals surface area contributed by atoms with E-state index in [0.717, 1.165) is 0 Å². The van der Waals surface area contributed by atoms with Crippen molar-refractivity contribution in [3.63, 3.8) is 0 Å². The van der Waals surface area contributed by atoms with Crippen molar-refractivity contribution < 1.29 is 19.1 Å². The van der Waals surface area contributed by atoms with E-state index in [1.807, 2.05) is 6.07 Å². The van der Waals surface area contributed by atoms with Gasteiger partial charge in [-0.25, -0.2) is 0 Å². The van der Waals surface area contributed by atoms with Crippen LogP contribution in [0.2, 0.25) is 0 Å². The summed E-state index contributed by atoms with van der Waals surface area (Å²) in [5, 5.41) is 9.14. The summed E-state index contributed by atoms with van der Waals surface area (Å²) in [6.45, 7) is 1.74. The molecule has 0 radical (unpaired) electrons. The Balaban J connectivity index is 1.62. The summed E-state index contributed by atoms with van der Waals surface area (Å²) < 4.78 is 10.5. The third-order valence-electron chi connectivity index (χ3n) is 5.00. The van der Waals surface area contributed by atoms with Crippen LogP contribution in [0.1, 0.15) is 21.5 Å². The summed E-state index contributed by atoms with van der Waals surface area (Å²) in [4.78, 5) is 28.8. The van der Waals surface area contributed by atoms with E-state index in [4.69, 9.17) is 14.7 Å².